The number of benzene rings is 2. The van der Waals surface area contributed by atoms with E-state index >= 15 is 0 Å². The highest BCUT2D eigenvalue weighted by Gasteiger charge is 2.34. The van der Waals surface area contributed by atoms with Crippen molar-refractivity contribution < 1.29 is 17.9 Å². The van der Waals surface area contributed by atoms with Gasteiger partial charge in [0.2, 0.25) is 10.0 Å². The van der Waals surface area contributed by atoms with Crippen LogP contribution < -0.4 is 13.9 Å². The second kappa shape index (κ2) is 6.88. The molecule has 142 valence electrons. The first-order valence-electron chi connectivity index (χ1n) is 9.08. The smallest absolute Gasteiger partial charge is 0.268 e. The van der Waals surface area contributed by atoms with Crippen LogP contribution in [0.5, 0.6) is 5.75 Å². The molecule has 2 aromatic carbocycles. The van der Waals surface area contributed by atoms with Gasteiger partial charge >= 0.3 is 0 Å². The number of aryl methyl sites for hydroxylation is 1. The van der Waals surface area contributed by atoms with Crippen LogP contribution in [0.3, 0.4) is 0 Å². The number of nitrogens with zero attached hydrogens (tertiary/aromatic N) is 2. The number of para-hydroxylation sites is 3. The highest BCUT2D eigenvalue weighted by molar-refractivity contribution is 7.92. The van der Waals surface area contributed by atoms with Crippen molar-refractivity contribution in [1.29, 1.82) is 0 Å². The van der Waals surface area contributed by atoms with Gasteiger partial charge in [0.25, 0.3) is 5.91 Å². The summed E-state index contributed by atoms with van der Waals surface area (Å²) in [7, 11) is -3.46. The van der Waals surface area contributed by atoms with Crippen LogP contribution in [0.15, 0.2) is 48.5 Å². The highest BCUT2D eigenvalue weighted by atomic mass is 32.2. The zero-order valence-corrected chi connectivity index (χ0v) is 16.0. The summed E-state index contributed by atoms with van der Waals surface area (Å²) >= 11 is 0. The Bertz CT molecular complexity index is 973. The average molecular weight is 386 g/mol. The van der Waals surface area contributed by atoms with E-state index in [0.29, 0.717) is 24.4 Å². The van der Waals surface area contributed by atoms with E-state index in [0.717, 1.165) is 24.1 Å². The lowest BCUT2D eigenvalue weighted by atomic mass is 10.0. The van der Waals surface area contributed by atoms with Gasteiger partial charge < -0.3 is 9.64 Å². The lowest BCUT2D eigenvalue weighted by Gasteiger charge is -2.32. The van der Waals surface area contributed by atoms with E-state index in [1.165, 1.54) is 10.6 Å². The molecule has 2 aliphatic rings. The number of hydrogen-bond acceptors (Lipinski definition) is 4. The summed E-state index contributed by atoms with van der Waals surface area (Å²) in [6.45, 7) is 0.856. The van der Waals surface area contributed by atoms with Gasteiger partial charge in [0, 0.05) is 25.2 Å². The molecule has 7 heteroatoms. The summed E-state index contributed by atoms with van der Waals surface area (Å²) in [4.78, 5) is 15.0. The molecule has 6 nitrogen and oxygen atoms in total. The molecule has 2 heterocycles. The van der Waals surface area contributed by atoms with Crippen molar-refractivity contribution >= 4 is 27.3 Å². The van der Waals surface area contributed by atoms with Gasteiger partial charge in [0.15, 0.2) is 6.10 Å². The van der Waals surface area contributed by atoms with Crippen LogP contribution in [0, 0.1) is 0 Å². The summed E-state index contributed by atoms with van der Waals surface area (Å²) < 4.78 is 31.8. The minimum absolute atomic E-state index is 0.118. The fourth-order valence-corrected chi connectivity index (χ4v) is 4.73. The fourth-order valence-electron chi connectivity index (χ4n) is 3.78. The van der Waals surface area contributed by atoms with Gasteiger partial charge in [-0.05, 0) is 36.6 Å². The highest BCUT2D eigenvalue weighted by Crippen LogP contribution is 2.35. The quantitative estimate of drug-likeness (QED) is 0.796. The van der Waals surface area contributed by atoms with Crippen LogP contribution in [0.1, 0.15) is 18.4 Å². The van der Waals surface area contributed by atoms with Crippen molar-refractivity contribution in [2.75, 3.05) is 28.6 Å². The van der Waals surface area contributed by atoms with Crippen molar-refractivity contribution in [3.05, 3.63) is 54.1 Å². The number of sulfonamides is 1. The van der Waals surface area contributed by atoms with Crippen LogP contribution in [0.4, 0.5) is 11.4 Å². The number of rotatable bonds is 2. The molecule has 0 saturated carbocycles. The molecule has 0 fully saturated rings. The molecule has 1 amide bonds. The predicted molar refractivity (Wildman–Crippen MR) is 105 cm³/mol. The van der Waals surface area contributed by atoms with Gasteiger partial charge in [-0.2, -0.15) is 0 Å². The molecule has 4 rings (SSSR count). The van der Waals surface area contributed by atoms with E-state index in [1.807, 2.05) is 24.3 Å². The molecule has 0 N–H and O–H groups in total. The number of fused-ring (bicyclic) bond motifs is 2. The van der Waals surface area contributed by atoms with Crippen LogP contribution in [0.25, 0.3) is 0 Å². The third-order valence-electron chi connectivity index (χ3n) is 5.05. The topological polar surface area (TPSA) is 66.9 Å². The predicted octanol–water partition coefficient (Wildman–Crippen LogP) is 2.58. The number of ether oxygens (including phenoxy) is 1. The second-order valence-electron chi connectivity index (χ2n) is 6.92. The van der Waals surface area contributed by atoms with Gasteiger partial charge in [0.05, 0.1) is 11.9 Å². The average Bonchev–Trinajstić information content (AvgIpc) is 2.86. The maximum Gasteiger partial charge on any atom is 0.268 e. The number of carbonyl (C=O) groups excluding carboxylic acids is 1. The van der Waals surface area contributed by atoms with Gasteiger partial charge in [0.1, 0.15) is 5.75 Å². The third-order valence-corrected chi connectivity index (χ3v) is 6.23. The summed E-state index contributed by atoms with van der Waals surface area (Å²) in [6.07, 6.45) is 2.62. The van der Waals surface area contributed by atoms with E-state index in [9.17, 15) is 13.2 Å². The Balaban J connectivity index is 1.66. The molecule has 27 heavy (non-hydrogen) atoms. The molecule has 0 aromatic heterocycles. The largest absolute Gasteiger partial charge is 0.478 e. The zero-order valence-electron chi connectivity index (χ0n) is 15.2. The van der Waals surface area contributed by atoms with E-state index in [2.05, 4.69) is 0 Å². The van der Waals surface area contributed by atoms with E-state index < -0.39 is 16.1 Å². The molecule has 0 radical (unpaired) electrons. The van der Waals surface area contributed by atoms with Gasteiger partial charge in [-0.25, -0.2) is 8.42 Å². The monoisotopic (exact) mass is 386 g/mol. The summed E-state index contributed by atoms with van der Waals surface area (Å²) in [6, 6.07) is 14.9. The van der Waals surface area contributed by atoms with E-state index in [1.54, 1.807) is 29.2 Å². The lowest BCUT2D eigenvalue weighted by Crippen LogP contribution is -2.45. The molecule has 1 atom stereocenters. The number of anilines is 2. The normalized spacial score (nSPS) is 19.5. The number of carbonyl (C=O) groups is 1. The summed E-state index contributed by atoms with van der Waals surface area (Å²) in [5, 5.41) is 0. The fraction of sp³-hybridized carbons (Fsp3) is 0.350. The molecule has 0 unspecified atom stereocenters. The van der Waals surface area contributed by atoms with E-state index in [4.69, 9.17) is 4.74 Å². The molecular formula is C20H22N2O4S. The molecule has 0 aliphatic carbocycles. The first-order chi connectivity index (χ1) is 12.9. The maximum atomic E-state index is 13.3. The summed E-state index contributed by atoms with van der Waals surface area (Å²) in [5.74, 6) is 0.302. The number of hydrogen-bond donors (Lipinski definition) is 0. The van der Waals surface area contributed by atoms with Crippen LogP contribution in [0.2, 0.25) is 0 Å². The second-order valence-corrected chi connectivity index (χ2v) is 8.83. The van der Waals surface area contributed by atoms with Crippen molar-refractivity contribution in [3.8, 4) is 5.75 Å². The van der Waals surface area contributed by atoms with Crippen molar-refractivity contribution in [2.45, 2.75) is 25.4 Å². The Morgan fingerprint density at radius 1 is 1.04 bits per heavy atom. The standard InChI is InChI=1S/C20H22N2O4S/c1-27(24,25)22-14-12-19(26-18-11-5-4-10-17(18)22)20(23)21-13-6-8-15-7-2-3-9-16(15)21/h2-5,7,9-11,19H,6,8,12-14H2,1H3/t19-/m1/s1. The van der Waals surface area contributed by atoms with Crippen LogP contribution in [-0.2, 0) is 21.2 Å². The first kappa shape index (κ1) is 17.9. The Kier molecular flexibility index (Phi) is 4.55. The SMILES string of the molecule is CS(=O)(=O)N1CC[C@H](C(=O)N2CCCc3ccccc32)Oc2ccccc21. The Morgan fingerprint density at radius 3 is 2.52 bits per heavy atom. The molecule has 2 aliphatic heterocycles. The molecule has 2 aromatic rings. The minimum atomic E-state index is -3.46. The van der Waals surface area contributed by atoms with Gasteiger partial charge in [-0.3, -0.25) is 9.10 Å². The Labute approximate surface area is 159 Å². The lowest BCUT2D eigenvalue weighted by molar-refractivity contribution is -0.125. The molecule has 0 saturated heterocycles. The van der Waals surface area contributed by atoms with Crippen molar-refractivity contribution in [1.82, 2.24) is 0 Å². The van der Waals surface area contributed by atoms with E-state index in [-0.39, 0.29) is 12.5 Å². The molecule has 0 spiro atoms. The minimum Gasteiger partial charge on any atom is -0.478 e. The number of amides is 1. The summed E-state index contributed by atoms with van der Waals surface area (Å²) in [5.41, 5.74) is 2.56. The van der Waals surface area contributed by atoms with Crippen LogP contribution >= 0.6 is 0 Å². The van der Waals surface area contributed by atoms with Gasteiger partial charge in [-0.1, -0.05) is 30.3 Å². The van der Waals surface area contributed by atoms with Crippen LogP contribution in [-0.4, -0.2) is 39.8 Å². The van der Waals surface area contributed by atoms with Gasteiger partial charge in [-0.15, -0.1) is 0 Å². The molecule has 0 bridgehead atoms. The van der Waals surface area contributed by atoms with Crippen molar-refractivity contribution in [2.24, 2.45) is 0 Å². The van der Waals surface area contributed by atoms with Crippen molar-refractivity contribution in [3.63, 3.8) is 0 Å². The zero-order chi connectivity index (χ0) is 19.0. The Hall–Kier alpha value is -2.54. The Morgan fingerprint density at radius 2 is 1.74 bits per heavy atom. The first-order valence-corrected chi connectivity index (χ1v) is 10.9. The maximum absolute atomic E-state index is 13.3. The molecular weight excluding hydrogens is 364 g/mol. The third kappa shape index (κ3) is 3.39.